The summed E-state index contributed by atoms with van der Waals surface area (Å²) in [6, 6.07) is 2.12. The highest BCUT2D eigenvalue weighted by atomic mass is 16.2. The summed E-state index contributed by atoms with van der Waals surface area (Å²) in [6.07, 6.45) is 0.956. The van der Waals surface area contributed by atoms with Gasteiger partial charge in [0.05, 0.1) is 31.3 Å². The second-order valence-corrected chi connectivity index (χ2v) is 7.45. The lowest BCUT2D eigenvalue weighted by molar-refractivity contribution is -0.124. The van der Waals surface area contributed by atoms with Gasteiger partial charge in [0.1, 0.15) is 11.8 Å². The van der Waals surface area contributed by atoms with Crippen LogP contribution in [0.25, 0.3) is 0 Å². The lowest BCUT2D eigenvalue weighted by Crippen LogP contribution is -2.57. The fraction of sp³-hybridized carbons (Fsp3) is 0.632. The first kappa shape index (κ1) is 19.2. The molecular weight excluding hydrogens is 344 g/mol. The lowest BCUT2D eigenvalue weighted by Gasteiger charge is -2.42. The van der Waals surface area contributed by atoms with Crippen molar-refractivity contribution in [2.75, 3.05) is 19.6 Å². The topological polar surface area (TPSA) is 119 Å². The van der Waals surface area contributed by atoms with Gasteiger partial charge in [-0.1, -0.05) is 5.57 Å². The highest BCUT2D eigenvalue weighted by molar-refractivity contribution is 6.07. The van der Waals surface area contributed by atoms with Crippen LogP contribution in [0.15, 0.2) is 21.1 Å². The van der Waals surface area contributed by atoms with Crippen molar-refractivity contribution in [2.45, 2.75) is 51.7 Å². The maximum Gasteiger partial charge on any atom is 0.247 e. The molecule has 0 aromatic rings. The molecular formula is C19H26N6O2. The standard InChI is InChI=1S/C19H26N6O2/c1-10-14(19(27)25-15-4-5-21-12(3)18(10)15)6-17(26)24-11(2)16-9-22-13(7-20)8-23-16/h11-12,15,18,21H,4-6,8-9H2,1-3H3,(H,24,26)(H,25,27)/t11-,12?,15?,18?/m0/s1. The minimum absolute atomic E-state index is 0.0535. The van der Waals surface area contributed by atoms with Crippen LogP contribution in [0.3, 0.4) is 0 Å². The van der Waals surface area contributed by atoms with Gasteiger partial charge in [0.25, 0.3) is 0 Å². The van der Waals surface area contributed by atoms with Crippen LogP contribution < -0.4 is 16.0 Å². The Morgan fingerprint density at radius 1 is 1.41 bits per heavy atom. The van der Waals surface area contributed by atoms with Gasteiger partial charge in [-0.2, -0.15) is 5.26 Å². The van der Waals surface area contributed by atoms with Crippen LogP contribution in [0.4, 0.5) is 0 Å². The van der Waals surface area contributed by atoms with E-state index in [-0.39, 0.29) is 48.8 Å². The van der Waals surface area contributed by atoms with Crippen molar-refractivity contribution in [3.8, 4) is 6.07 Å². The molecule has 1 fully saturated rings. The van der Waals surface area contributed by atoms with Crippen molar-refractivity contribution in [2.24, 2.45) is 15.9 Å². The van der Waals surface area contributed by atoms with Gasteiger partial charge in [0.15, 0.2) is 0 Å². The summed E-state index contributed by atoms with van der Waals surface area (Å²) in [5.74, 6) is -0.123. The largest absolute Gasteiger partial charge is 0.349 e. The molecule has 3 rings (SSSR count). The van der Waals surface area contributed by atoms with Crippen LogP contribution in [-0.2, 0) is 9.59 Å². The van der Waals surface area contributed by atoms with Crippen molar-refractivity contribution in [3.63, 3.8) is 0 Å². The molecule has 1 saturated heterocycles. The Hall–Kier alpha value is -2.53. The van der Waals surface area contributed by atoms with E-state index in [2.05, 4.69) is 32.9 Å². The molecule has 0 aromatic heterocycles. The van der Waals surface area contributed by atoms with Crippen molar-refractivity contribution >= 4 is 23.2 Å². The summed E-state index contributed by atoms with van der Waals surface area (Å²) >= 11 is 0. The molecule has 0 aromatic carbocycles. The van der Waals surface area contributed by atoms with Gasteiger partial charge in [-0.15, -0.1) is 0 Å². The molecule has 0 saturated carbocycles. The summed E-state index contributed by atoms with van der Waals surface area (Å²) in [7, 11) is 0. The monoisotopic (exact) mass is 370 g/mol. The second kappa shape index (κ2) is 8.01. The zero-order valence-corrected chi connectivity index (χ0v) is 16.0. The fourth-order valence-electron chi connectivity index (χ4n) is 4.15. The number of carbonyl (C=O) groups excluding carboxylic acids is 2. The highest BCUT2D eigenvalue weighted by Crippen LogP contribution is 2.31. The van der Waals surface area contributed by atoms with E-state index in [9.17, 15) is 9.59 Å². The highest BCUT2D eigenvalue weighted by Gasteiger charge is 2.39. The van der Waals surface area contributed by atoms with Crippen molar-refractivity contribution < 1.29 is 9.59 Å². The van der Waals surface area contributed by atoms with Crippen LogP contribution in [0, 0.1) is 17.2 Å². The zero-order chi connectivity index (χ0) is 19.6. The Balaban J connectivity index is 1.65. The molecule has 8 nitrogen and oxygen atoms in total. The van der Waals surface area contributed by atoms with Gasteiger partial charge in [0.2, 0.25) is 11.8 Å². The molecule has 3 heterocycles. The van der Waals surface area contributed by atoms with E-state index >= 15 is 0 Å². The third kappa shape index (κ3) is 4.08. The molecule has 2 amide bonds. The minimum Gasteiger partial charge on any atom is -0.349 e. The minimum atomic E-state index is -0.280. The van der Waals surface area contributed by atoms with Crippen LogP contribution in [0.2, 0.25) is 0 Å². The summed E-state index contributed by atoms with van der Waals surface area (Å²) in [5, 5.41) is 18.3. The van der Waals surface area contributed by atoms with Crippen LogP contribution in [0.5, 0.6) is 0 Å². The predicted molar refractivity (Wildman–Crippen MR) is 103 cm³/mol. The Labute approximate surface area is 159 Å². The molecule has 4 atom stereocenters. The first-order chi connectivity index (χ1) is 12.9. The summed E-state index contributed by atoms with van der Waals surface area (Å²) in [6.45, 7) is 7.40. The summed E-state index contributed by atoms with van der Waals surface area (Å²) in [4.78, 5) is 33.5. The molecule has 3 N–H and O–H groups in total. The number of hydrogen-bond donors (Lipinski definition) is 3. The smallest absolute Gasteiger partial charge is 0.247 e. The Kier molecular flexibility index (Phi) is 5.71. The number of aliphatic imine (C=N–C) groups is 2. The number of amides is 2. The second-order valence-electron chi connectivity index (χ2n) is 7.45. The first-order valence-corrected chi connectivity index (χ1v) is 9.40. The molecule has 3 unspecified atom stereocenters. The SMILES string of the molecule is CC1=C(CC(=O)N[C@@H](C)C2=NCC(C#N)=NC2)C(=O)NC2CCNC(C)C12. The molecule has 27 heavy (non-hydrogen) atoms. The predicted octanol–water partition coefficient (Wildman–Crippen LogP) is 0.113. The van der Waals surface area contributed by atoms with Gasteiger partial charge >= 0.3 is 0 Å². The number of rotatable bonds is 4. The van der Waals surface area contributed by atoms with E-state index in [1.807, 2.05) is 19.9 Å². The molecule has 3 aliphatic rings. The number of hydrogen-bond acceptors (Lipinski definition) is 6. The van der Waals surface area contributed by atoms with Gasteiger partial charge in [-0.05, 0) is 33.7 Å². The maximum absolute atomic E-state index is 12.5. The molecule has 0 aliphatic carbocycles. The number of nitrogens with one attached hydrogen (secondary N) is 3. The first-order valence-electron chi connectivity index (χ1n) is 9.40. The number of carbonyl (C=O) groups is 2. The van der Waals surface area contributed by atoms with Crippen molar-refractivity contribution in [3.05, 3.63) is 11.1 Å². The number of nitrogens with zero attached hydrogens (tertiary/aromatic N) is 3. The van der Waals surface area contributed by atoms with Gasteiger partial charge in [0, 0.05) is 23.6 Å². The van der Waals surface area contributed by atoms with Crippen molar-refractivity contribution in [1.29, 1.82) is 5.26 Å². The third-order valence-corrected chi connectivity index (χ3v) is 5.67. The van der Waals surface area contributed by atoms with Crippen LogP contribution >= 0.6 is 0 Å². The van der Waals surface area contributed by atoms with E-state index in [0.717, 1.165) is 24.3 Å². The molecule has 0 spiro atoms. The zero-order valence-electron chi connectivity index (χ0n) is 16.0. The lowest BCUT2D eigenvalue weighted by atomic mass is 9.76. The van der Waals surface area contributed by atoms with Crippen LogP contribution in [0.1, 0.15) is 33.6 Å². The van der Waals surface area contributed by atoms with E-state index in [1.165, 1.54) is 0 Å². The third-order valence-electron chi connectivity index (χ3n) is 5.67. The van der Waals surface area contributed by atoms with Gasteiger partial charge in [-0.3, -0.25) is 19.6 Å². The molecule has 0 bridgehead atoms. The maximum atomic E-state index is 12.5. The van der Waals surface area contributed by atoms with E-state index in [4.69, 9.17) is 5.26 Å². The molecule has 144 valence electrons. The number of piperidine rings is 1. The van der Waals surface area contributed by atoms with Crippen LogP contribution in [-0.4, -0.2) is 61.0 Å². The summed E-state index contributed by atoms with van der Waals surface area (Å²) in [5.41, 5.74) is 2.71. The molecule has 8 heteroatoms. The van der Waals surface area contributed by atoms with Gasteiger partial charge < -0.3 is 16.0 Å². The quantitative estimate of drug-likeness (QED) is 0.651. The molecule has 0 radical (unpaired) electrons. The Morgan fingerprint density at radius 3 is 2.85 bits per heavy atom. The van der Waals surface area contributed by atoms with Gasteiger partial charge in [-0.25, -0.2) is 0 Å². The van der Waals surface area contributed by atoms with E-state index < -0.39 is 0 Å². The summed E-state index contributed by atoms with van der Waals surface area (Å²) < 4.78 is 0. The average molecular weight is 370 g/mol. The number of nitriles is 1. The average Bonchev–Trinajstić information content (AvgIpc) is 2.65. The fourth-order valence-corrected chi connectivity index (χ4v) is 4.15. The number of fused-ring (bicyclic) bond motifs is 1. The Bertz CT molecular complexity index is 776. The van der Waals surface area contributed by atoms with E-state index in [0.29, 0.717) is 17.8 Å². The molecule has 3 aliphatic heterocycles. The van der Waals surface area contributed by atoms with Crippen molar-refractivity contribution in [1.82, 2.24) is 16.0 Å². The van der Waals surface area contributed by atoms with E-state index in [1.54, 1.807) is 0 Å². The normalized spacial score (nSPS) is 29.0. The Morgan fingerprint density at radius 2 is 2.19 bits per heavy atom.